The van der Waals surface area contributed by atoms with Gasteiger partial charge in [-0.05, 0) is 18.4 Å². The molecule has 2 nitrogen and oxygen atoms in total. The molecule has 0 aliphatic rings. The van der Waals surface area contributed by atoms with Crippen LogP contribution < -0.4 is 5.32 Å². The molecule has 1 N–H and O–H groups in total. The zero-order valence-electron chi connectivity index (χ0n) is 9.11. The van der Waals surface area contributed by atoms with Crippen LogP contribution in [-0.4, -0.2) is 26.3 Å². The number of hydrogen-bond acceptors (Lipinski definition) is 2. The molecule has 74 valence electrons. The van der Waals surface area contributed by atoms with Crippen molar-refractivity contribution >= 4 is 0 Å². The van der Waals surface area contributed by atoms with Crippen molar-refractivity contribution < 1.29 is 4.74 Å². The summed E-state index contributed by atoms with van der Waals surface area (Å²) in [4.78, 5) is 0. The van der Waals surface area contributed by atoms with E-state index in [4.69, 9.17) is 4.74 Å². The molecule has 1 unspecified atom stereocenters. The Morgan fingerprint density at radius 2 is 1.92 bits per heavy atom. The van der Waals surface area contributed by atoms with Crippen molar-refractivity contribution in [1.82, 2.24) is 5.32 Å². The van der Waals surface area contributed by atoms with Gasteiger partial charge in [-0.3, -0.25) is 0 Å². The number of methoxy groups -OCH3 is 1. The van der Waals surface area contributed by atoms with Crippen LogP contribution in [0.5, 0.6) is 0 Å². The van der Waals surface area contributed by atoms with Crippen LogP contribution in [0.1, 0.15) is 34.1 Å². The van der Waals surface area contributed by atoms with E-state index in [1.165, 1.54) is 6.42 Å². The molecule has 2 heteroatoms. The van der Waals surface area contributed by atoms with Gasteiger partial charge in [0.25, 0.3) is 0 Å². The van der Waals surface area contributed by atoms with Crippen molar-refractivity contribution in [3.63, 3.8) is 0 Å². The van der Waals surface area contributed by atoms with E-state index in [1.807, 2.05) is 0 Å². The SMILES string of the molecule is CCCNC(COC)C(C)(C)C. The topological polar surface area (TPSA) is 21.3 Å². The zero-order chi connectivity index (χ0) is 9.61. The molecule has 0 aliphatic carbocycles. The lowest BCUT2D eigenvalue weighted by molar-refractivity contribution is 0.114. The minimum Gasteiger partial charge on any atom is -0.383 e. The maximum absolute atomic E-state index is 5.17. The minimum absolute atomic E-state index is 0.283. The average Bonchev–Trinajstić information content (AvgIpc) is 1.95. The largest absolute Gasteiger partial charge is 0.383 e. The van der Waals surface area contributed by atoms with Gasteiger partial charge in [0.15, 0.2) is 0 Å². The molecule has 0 rings (SSSR count). The first kappa shape index (κ1) is 11.9. The molecule has 0 heterocycles. The van der Waals surface area contributed by atoms with Crippen LogP contribution in [0.15, 0.2) is 0 Å². The highest BCUT2D eigenvalue weighted by molar-refractivity contribution is 4.79. The standard InChI is InChI=1S/C10H23NO/c1-6-7-11-9(8-12-5)10(2,3)4/h9,11H,6-8H2,1-5H3. The Labute approximate surface area is 76.7 Å². The van der Waals surface area contributed by atoms with Crippen molar-refractivity contribution in [2.75, 3.05) is 20.3 Å². The van der Waals surface area contributed by atoms with Gasteiger partial charge in [-0.25, -0.2) is 0 Å². The van der Waals surface area contributed by atoms with Gasteiger partial charge in [-0.15, -0.1) is 0 Å². The van der Waals surface area contributed by atoms with Gasteiger partial charge in [0.05, 0.1) is 6.61 Å². The van der Waals surface area contributed by atoms with E-state index in [0.717, 1.165) is 13.2 Å². The quantitative estimate of drug-likeness (QED) is 0.687. The molecule has 0 aromatic rings. The molecule has 12 heavy (non-hydrogen) atoms. The van der Waals surface area contributed by atoms with Crippen LogP contribution in [0.4, 0.5) is 0 Å². The molecular formula is C10H23NO. The van der Waals surface area contributed by atoms with E-state index >= 15 is 0 Å². The van der Waals surface area contributed by atoms with Crippen molar-refractivity contribution in [2.24, 2.45) is 5.41 Å². The van der Waals surface area contributed by atoms with Gasteiger partial charge in [0, 0.05) is 13.2 Å². The lowest BCUT2D eigenvalue weighted by Gasteiger charge is -2.31. The highest BCUT2D eigenvalue weighted by Gasteiger charge is 2.23. The zero-order valence-corrected chi connectivity index (χ0v) is 9.11. The Balaban J connectivity index is 3.86. The van der Waals surface area contributed by atoms with E-state index < -0.39 is 0 Å². The number of hydrogen-bond donors (Lipinski definition) is 1. The molecule has 0 saturated carbocycles. The summed E-state index contributed by atoms with van der Waals surface area (Å²) >= 11 is 0. The summed E-state index contributed by atoms with van der Waals surface area (Å²) in [6.07, 6.45) is 1.18. The highest BCUT2D eigenvalue weighted by atomic mass is 16.5. The second-order valence-electron chi connectivity index (χ2n) is 4.33. The van der Waals surface area contributed by atoms with Gasteiger partial charge in [-0.2, -0.15) is 0 Å². The van der Waals surface area contributed by atoms with E-state index in [9.17, 15) is 0 Å². The molecule has 1 atom stereocenters. The monoisotopic (exact) mass is 173 g/mol. The smallest absolute Gasteiger partial charge is 0.0620 e. The summed E-state index contributed by atoms with van der Waals surface area (Å²) in [7, 11) is 1.76. The molecule has 0 aromatic carbocycles. The third-order valence-electron chi connectivity index (χ3n) is 2.02. The Kier molecular flexibility index (Phi) is 5.51. The third kappa shape index (κ3) is 4.73. The fourth-order valence-electron chi connectivity index (χ4n) is 1.10. The summed E-state index contributed by atoms with van der Waals surface area (Å²) in [5.41, 5.74) is 0.283. The normalized spacial score (nSPS) is 14.8. The second-order valence-corrected chi connectivity index (χ2v) is 4.33. The van der Waals surface area contributed by atoms with Crippen LogP contribution in [0.25, 0.3) is 0 Å². The van der Waals surface area contributed by atoms with Crippen LogP contribution in [-0.2, 0) is 4.74 Å². The maximum Gasteiger partial charge on any atom is 0.0620 e. The van der Waals surface area contributed by atoms with E-state index in [0.29, 0.717) is 6.04 Å². The minimum atomic E-state index is 0.283. The highest BCUT2D eigenvalue weighted by Crippen LogP contribution is 2.19. The van der Waals surface area contributed by atoms with Gasteiger partial charge >= 0.3 is 0 Å². The van der Waals surface area contributed by atoms with Gasteiger partial charge in [0.1, 0.15) is 0 Å². The lowest BCUT2D eigenvalue weighted by atomic mass is 9.87. The van der Waals surface area contributed by atoms with Crippen LogP contribution in [0.2, 0.25) is 0 Å². The van der Waals surface area contributed by atoms with E-state index in [-0.39, 0.29) is 5.41 Å². The van der Waals surface area contributed by atoms with Gasteiger partial charge in [0.2, 0.25) is 0 Å². The number of rotatable bonds is 5. The van der Waals surface area contributed by atoms with E-state index in [1.54, 1.807) is 7.11 Å². The lowest BCUT2D eigenvalue weighted by Crippen LogP contribution is -2.43. The van der Waals surface area contributed by atoms with Gasteiger partial charge in [-0.1, -0.05) is 27.7 Å². The molecule has 0 amide bonds. The summed E-state index contributed by atoms with van der Waals surface area (Å²) in [5.74, 6) is 0. The second kappa shape index (κ2) is 5.55. The Bertz CT molecular complexity index is 107. The average molecular weight is 173 g/mol. The maximum atomic E-state index is 5.17. The molecule has 0 radical (unpaired) electrons. The predicted molar refractivity (Wildman–Crippen MR) is 53.4 cm³/mol. The molecule has 0 bridgehead atoms. The first-order valence-electron chi connectivity index (χ1n) is 4.74. The molecule has 0 aromatic heterocycles. The molecular weight excluding hydrogens is 150 g/mol. The molecule has 0 saturated heterocycles. The first-order chi connectivity index (χ1) is 5.52. The summed E-state index contributed by atoms with van der Waals surface area (Å²) in [5, 5.41) is 3.49. The predicted octanol–water partition coefficient (Wildman–Crippen LogP) is 2.05. The first-order valence-corrected chi connectivity index (χ1v) is 4.74. The van der Waals surface area contributed by atoms with Crippen molar-refractivity contribution in [2.45, 2.75) is 40.2 Å². The Hall–Kier alpha value is -0.0800. The summed E-state index contributed by atoms with van der Waals surface area (Å²) < 4.78 is 5.17. The van der Waals surface area contributed by atoms with Crippen molar-refractivity contribution in [1.29, 1.82) is 0 Å². The fraction of sp³-hybridized carbons (Fsp3) is 1.00. The molecule has 0 fully saturated rings. The van der Waals surface area contributed by atoms with Crippen LogP contribution >= 0.6 is 0 Å². The van der Waals surface area contributed by atoms with Crippen molar-refractivity contribution in [3.05, 3.63) is 0 Å². The van der Waals surface area contributed by atoms with Crippen molar-refractivity contribution in [3.8, 4) is 0 Å². The molecule has 0 spiro atoms. The van der Waals surface area contributed by atoms with Gasteiger partial charge < -0.3 is 10.1 Å². The van der Waals surface area contributed by atoms with Crippen LogP contribution in [0.3, 0.4) is 0 Å². The fourth-order valence-corrected chi connectivity index (χ4v) is 1.10. The van der Waals surface area contributed by atoms with E-state index in [2.05, 4.69) is 33.0 Å². The number of ether oxygens (including phenoxy) is 1. The Morgan fingerprint density at radius 1 is 1.33 bits per heavy atom. The number of nitrogens with one attached hydrogen (secondary N) is 1. The summed E-state index contributed by atoms with van der Waals surface area (Å²) in [6, 6.07) is 0.461. The summed E-state index contributed by atoms with van der Waals surface area (Å²) in [6.45, 7) is 10.8. The van der Waals surface area contributed by atoms with Crippen LogP contribution in [0, 0.1) is 5.41 Å². The molecule has 0 aliphatic heterocycles. The Morgan fingerprint density at radius 3 is 2.25 bits per heavy atom. The third-order valence-corrected chi connectivity index (χ3v) is 2.02.